The topological polar surface area (TPSA) is 51.1 Å². The Morgan fingerprint density at radius 2 is 2.04 bits per heavy atom. The Kier molecular flexibility index (Phi) is 6.70. The predicted octanol–water partition coefficient (Wildman–Crippen LogP) is 1.58. The third-order valence-electron chi connectivity index (χ3n) is 5.23. The third-order valence-corrected chi connectivity index (χ3v) is 5.23. The Labute approximate surface area is 151 Å². The van der Waals surface area contributed by atoms with Crippen LogP contribution in [-0.2, 0) is 6.42 Å². The van der Waals surface area contributed by atoms with Crippen molar-refractivity contribution in [2.75, 3.05) is 45.8 Å². The predicted molar refractivity (Wildman–Crippen MR) is 103 cm³/mol. The lowest BCUT2D eigenvalue weighted by Gasteiger charge is -2.21. The summed E-state index contributed by atoms with van der Waals surface area (Å²) < 4.78 is 0. The van der Waals surface area contributed by atoms with Crippen molar-refractivity contribution in [3.05, 3.63) is 35.9 Å². The van der Waals surface area contributed by atoms with Crippen molar-refractivity contribution in [1.29, 1.82) is 0 Å². The van der Waals surface area contributed by atoms with E-state index < -0.39 is 0 Å². The molecule has 0 spiro atoms. The zero-order chi connectivity index (χ0) is 17.5. The van der Waals surface area contributed by atoms with Gasteiger partial charge in [-0.25, -0.2) is 0 Å². The average Bonchev–Trinajstić information content (AvgIpc) is 3.27. The number of guanidine groups is 1. The van der Waals surface area contributed by atoms with Gasteiger partial charge >= 0.3 is 0 Å². The third kappa shape index (κ3) is 5.44. The second-order valence-corrected chi connectivity index (χ2v) is 7.27. The second kappa shape index (κ2) is 9.20. The van der Waals surface area contributed by atoms with Crippen molar-refractivity contribution in [2.24, 2.45) is 10.9 Å². The number of aliphatic imine (C=N–C) groups is 1. The minimum absolute atomic E-state index is 0.205. The number of aliphatic hydroxyl groups is 1. The fourth-order valence-electron chi connectivity index (χ4n) is 3.77. The molecule has 1 aromatic carbocycles. The Morgan fingerprint density at radius 1 is 1.20 bits per heavy atom. The minimum atomic E-state index is -0.205. The summed E-state index contributed by atoms with van der Waals surface area (Å²) in [5, 5.41) is 13.1. The molecule has 2 saturated heterocycles. The highest BCUT2D eigenvalue weighted by Crippen LogP contribution is 2.17. The number of hydrogen-bond acceptors (Lipinski definition) is 3. The van der Waals surface area contributed by atoms with Gasteiger partial charge in [0.1, 0.15) is 0 Å². The Morgan fingerprint density at radius 3 is 2.76 bits per heavy atom. The van der Waals surface area contributed by atoms with Crippen LogP contribution in [0.1, 0.15) is 25.3 Å². The van der Waals surface area contributed by atoms with Crippen LogP contribution in [0.5, 0.6) is 0 Å². The van der Waals surface area contributed by atoms with Crippen LogP contribution < -0.4 is 5.32 Å². The number of aliphatic hydroxyl groups excluding tert-OH is 1. The van der Waals surface area contributed by atoms with E-state index in [0.717, 1.165) is 51.5 Å². The molecule has 2 aliphatic heterocycles. The van der Waals surface area contributed by atoms with E-state index in [1.807, 2.05) is 0 Å². The summed E-state index contributed by atoms with van der Waals surface area (Å²) >= 11 is 0. The molecule has 5 heteroatoms. The van der Waals surface area contributed by atoms with E-state index in [1.54, 1.807) is 0 Å². The van der Waals surface area contributed by atoms with Gasteiger partial charge in [-0.2, -0.15) is 0 Å². The van der Waals surface area contributed by atoms with Crippen molar-refractivity contribution in [2.45, 2.75) is 32.3 Å². The first kappa shape index (κ1) is 18.2. The number of rotatable bonds is 6. The van der Waals surface area contributed by atoms with Gasteiger partial charge in [0.15, 0.2) is 5.96 Å². The summed E-state index contributed by atoms with van der Waals surface area (Å²) in [7, 11) is 0. The molecule has 5 nitrogen and oxygen atoms in total. The first-order chi connectivity index (χ1) is 12.2. The molecule has 2 heterocycles. The number of β-amino-alcohol motifs (C(OH)–C–C–N with tert-alkyl or cyclic N) is 1. The summed E-state index contributed by atoms with van der Waals surface area (Å²) in [4.78, 5) is 9.62. The zero-order valence-electron chi connectivity index (χ0n) is 15.4. The number of benzene rings is 1. The molecule has 2 atom stereocenters. The lowest BCUT2D eigenvalue weighted by Crippen LogP contribution is -2.40. The van der Waals surface area contributed by atoms with E-state index in [2.05, 4.69) is 52.4 Å². The molecular weight excluding hydrogens is 312 g/mol. The van der Waals surface area contributed by atoms with Gasteiger partial charge in [0.05, 0.1) is 6.10 Å². The molecule has 3 rings (SSSR count). The summed E-state index contributed by atoms with van der Waals surface area (Å²) in [5.41, 5.74) is 1.42. The molecule has 2 fully saturated rings. The van der Waals surface area contributed by atoms with E-state index in [0.29, 0.717) is 12.5 Å². The fourth-order valence-corrected chi connectivity index (χ4v) is 3.77. The summed E-state index contributed by atoms with van der Waals surface area (Å²) in [5.74, 6) is 1.62. The molecule has 0 bridgehead atoms. The maximum Gasteiger partial charge on any atom is 0.194 e. The molecule has 138 valence electrons. The van der Waals surface area contributed by atoms with Crippen molar-refractivity contribution in [3.63, 3.8) is 0 Å². The van der Waals surface area contributed by atoms with E-state index in [1.165, 1.54) is 18.5 Å². The van der Waals surface area contributed by atoms with Crippen molar-refractivity contribution < 1.29 is 5.11 Å². The standard InChI is InChI=1S/C20H32N4O/c1-2-21-20(24-13-10-19(25)16-24)22-14-18-9-12-23(15-18)11-8-17-6-4-3-5-7-17/h3-7,18-19,25H,2,8-16H2,1H3,(H,21,22)/t18?,19-/m1/s1. The molecule has 0 amide bonds. The van der Waals surface area contributed by atoms with Crippen LogP contribution in [0.3, 0.4) is 0 Å². The van der Waals surface area contributed by atoms with Gasteiger partial charge in [0.2, 0.25) is 0 Å². The summed E-state index contributed by atoms with van der Waals surface area (Å²) in [6.07, 6.45) is 3.01. The second-order valence-electron chi connectivity index (χ2n) is 7.27. The first-order valence-electron chi connectivity index (χ1n) is 9.72. The normalized spacial score (nSPS) is 24.9. The maximum atomic E-state index is 9.75. The molecule has 0 radical (unpaired) electrons. The van der Waals surface area contributed by atoms with Gasteiger partial charge in [-0.15, -0.1) is 0 Å². The number of nitrogens with one attached hydrogen (secondary N) is 1. The fraction of sp³-hybridized carbons (Fsp3) is 0.650. The largest absolute Gasteiger partial charge is 0.391 e. The molecular formula is C20H32N4O. The van der Waals surface area contributed by atoms with Crippen molar-refractivity contribution in [3.8, 4) is 0 Å². The number of likely N-dealkylation sites (tertiary alicyclic amines) is 2. The zero-order valence-corrected chi connectivity index (χ0v) is 15.4. The molecule has 2 aliphatic rings. The number of hydrogen-bond donors (Lipinski definition) is 2. The van der Waals surface area contributed by atoms with Crippen LogP contribution in [-0.4, -0.2) is 72.8 Å². The monoisotopic (exact) mass is 344 g/mol. The molecule has 1 aromatic rings. The van der Waals surface area contributed by atoms with Crippen LogP contribution in [0.25, 0.3) is 0 Å². The van der Waals surface area contributed by atoms with Gasteiger partial charge in [0.25, 0.3) is 0 Å². The summed E-state index contributed by atoms with van der Waals surface area (Å²) in [6, 6.07) is 10.7. The maximum absolute atomic E-state index is 9.75. The highest BCUT2D eigenvalue weighted by atomic mass is 16.3. The molecule has 0 aliphatic carbocycles. The van der Waals surface area contributed by atoms with Crippen LogP contribution in [0, 0.1) is 5.92 Å². The van der Waals surface area contributed by atoms with E-state index in [4.69, 9.17) is 4.99 Å². The smallest absolute Gasteiger partial charge is 0.194 e. The highest BCUT2D eigenvalue weighted by Gasteiger charge is 2.25. The van der Waals surface area contributed by atoms with E-state index in [-0.39, 0.29) is 6.10 Å². The Hall–Kier alpha value is -1.59. The molecule has 0 aromatic heterocycles. The van der Waals surface area contributed by atoms with Gasteiger partial charge in [-0.3, -0.25) is 4.99 Å². The minimum Gasteiger partial charge on any atom is -0.391 e. The van der Waals surface area contributed by atoms with Crippen LogP contribution in [0.15, 0.2) is 35.3 Å². The van der Waals surface area contributed by atoms with Crippen molar-refractivity contribution in [1.82, 2.24) is 15.1 Å². The van der Waals surface area contributed by atoms with E-state index in [9.17, 15) is 5.11 Å². The summed E-state index contributed by atoms with van der Waals surface area (Å²) in [6.45, 7) is 8.95. The quantitative estimate of drug-likeness (QED) is 0.608. The van der Waals surface area contributed by atoms with Gasteiger partial charge in [0, 0.05) is 39.3 Å². The average molecular weight is 345 g/mol. The Bertz CT molecular complexity index is 548. The van der Waals surface area contributed by atoms with Crippen LogP contribution in [0.2, 0.25) is 0 Å². The first-order valence-corrected chi connectivity index (χ1v) is 9.72. The van der Waals surface area contributed by atoms with Crippen LogP contribution >= 0.6 is 0 Å². The van der Waals surface area contributed by atoms with E-state index >= 15 is 0 Å². The molecule has 2 N–H and O–H groups in total. The molecule has 25 heavy (non-hydrogen) atoms. The Balaban J connectivity index is 1.45. The van der Waals surface area contributed by atoms with Crippen molar-refractivity contribution >= 4 is 5.96 Å². The van der Waals surface area contributed by atoms with Gasteiger partial charge < -0.3 is 20.2 Å². The van der Waals surface area contributed by atoms with Gasteiger partial charge in [-0.1, -0.05) is 30.3 Å². The molecule has 1 unspecified atom stereocenters. The molecule has 0 saturated carbocycles. The van der Waals surface area contributed by atoms with Gasteiger partial charge in [-0.05, 0) is 44.2 Å². The number of nitrogens with zero attached hydrogens (tertiary/aromatic N) is 3. The SMILES string of the molecule is CCNC(=NCC1CCN(CCc2ccccc2)C1)N1CC[C@@H](O)C1. The van der Waals surface area contributed by atoms with Crippen LogP contribution in [0.4, 0.5) is 0 Å². The highest BCUT2D eigenvalue weighted by molar-refractivity contribution is 5.80. The lowest BCUT2D eigenvalue weighted by atomic mass is 10.1. The lowest BCUT2D eigenvalue weighted by molar-refractivity contribution is 0.187.